The van der Waals surface area contributed by atoms with Gasteiger partial charge in [-0.05, 0) is 11.1 Å². The molecule has 2 atom stereocenters. The lowest BCUT2D eigenvalue weighted by Crippen LogP contribution is -2.54. The van der Waals surface area contributed by atoms with Gasteiger partial charge in [-0.1, -0.05) is 60.7 Å². The lowest BCUT2D eigenvalue weighted by Gasteiger charge is -2.36. The van der Waals surface area contributed by atoms with Crippen molar-refractivity contribution in [2.75, 3.05) is 13.2 Å². The maximum Gasteiger partial charge on any atom is 0.254 e. The Labute approximate surface area is 180 Å². The molecular formula is C24H23N3O4. The minimum Gasteiger partial charge on any atom is -0.445 e. The molecule has 7 nitrogen and oxygen atoms in total. The predicted molar refractivity (Wildman–Crippen MR) is 112 cm³/mol. The van der Waals surface area contributed by atoms with Crippen molar-refractivity contribution in [2.24, 2.45) is 0 Å². The first-order valence-corrected chi connectivity index (χ1v) is 10.4. The summed E-state index contributed by atoms with van der Waals surface area (Å²) in [6.45, 7) is 0.785. The highest BCUT2D eigenvalue weighted by molar-refractivity contribution is 5.86. The molecule has 1 saturated heterocycles. The summed E-state index contributed by atoms with van der Waals surface area (Å²) in [5, 5.41) is 2.91. The zero-order chi connectivity index (χ0) is 21.2. The van der Waals surface area contributed by atoms with Gasteiger partial charge in [-0.3, -0.25) is 9.59 Å². The molecule has 2 amide bonds. The topological polar surface area (TPSA) is 84.7 Å². The molecule has 0 saturated carbocycles. The molecule has 3 heterocycles. The highest BCUT2D eigenvalue weighted by Gasteiger charge is 2.39. The van der Waals surface area contributed by atoms with Crippen molar-refractivity contribution in [2.45, 2.75) is 31.5 Å². The second kappa shape index (κ2) is 8.35. The number of aromatic nitrogens is 1. The van der Waals surface area contributed by atoms with E-state index in [4.69, 9.17) is 9.15 Å². The number of amides is 2. The van der Waals surface area contributed by atoms with E-state index in [0.29, 0.717) is 31.8 Å². The van der Waals surface area contributed by atoms with Gasteiger partial charge in [-0.15, -0.1) is 0 Å². The van der Waals surface area contributed by atoms with Gasteiger partial charge in [0, 0.05) is 19.4 Å². The number of ether oxygens (including phenoxy) is 1. The number of hydrogen-bond donors (Lipinski definition) is 1. The Morgan fingerprint density at radius 1 is 1.10 bits per heavy atom. The summed E-state index contributed by atoms with van der Waals surface area (Å²) >= 11 is 0. The molecule has 2 aliphatic rings. The summed E-state index contributed by atoms with van der Waals surface area (Å²) < 4.78 is 11.6. The van der Waals surface area contributed by atoms with E-state index in [1.807, 2.05) is 60.7 Å². The lowest BCUT2D eigenvalue weighted by molar-refractivity contribution is -0.156. The number of fused-ring (bicyclic) bond motifs is 1. The van der Waals surface area contributed by atoms with Crippen molar-refractivity contribution >= 4 is 11.8 Å². The van der Waals surface area contributed by atoms with Gasteiger partial charge in [0.2, 0.25) is 5.91 Å². The molecule has 1 aromatic heterocycles. The number of benzene rings is 2. The zero-order valence-corrected chi connectivity index (χ0v) is 17.0. The van der Waals surface area contributed by atoms with Crippen LogP contribution in [0.1, 0.15) is 34.5 Å². The van der Waals surface area contributed by atoms with E-state index in [1.54, 1.807) is 4.90 Å². The van der Waals surface area contributed by atoms with Crippen LogP contribution in [0.4, 0.5) is 0 Å². The molecule has 2 aromatic carbocycles. The van der Waals surface area contributed by atoms with E-state index in [9.17, 15) is 9.59 Å². The van der Waals surface area contributed by atoms with Crippen LogP contribution in [0.5, 0.6) is 0 Å². The fourth-order valence-corrected chi connectivity index (χ4v) is 4.15. The van der Waals surface area contributed by atoms with E-state index in [2.05, 4.69) is 10.3 Å². The SMILES string of the molecule is O=C1CO[C@H](C(=O)N2CCc3oc(Cc4ccccc4)nc3C2)[C@@H](c2ccccc2)N1. The van der Waals surface area contributed by atoms with Crippen LogP contribution < -0.4 is 5.32 Å². The molecule has 158 valence electrons. The minimum absolute atomic E-state index is 0.121. The lowest BCUT2D eigenvalue weighted by atomic mass is 9.98. The van der Waals surface area contributed by atoms with Crippen molar-refractivity contribution in [1.82, 2.24) is 15.2 Å². The highest BCUT2D eigenvalue weighted by atomic mass is 16.5. The van der Waals surface area contributed by atoms with Gasteiger partial charge in [-0.2, -0.15) is 0 Å². The van der Waals surface area contributed by atoms with Crippen molar-refractivity contribution in [3.8, 4) is 0 Å². The molecule has 0 spiro atoms. The second-order valence-corrected chi connectivity index (χ2v) is 7.84. The van der Waals surface area contributed by atoms with Crippen LogP contribution in [0.15, 0.2) is 65.1 Å². The molecule has 7 heteroatoms. The third kappa shape index (κ3) is 4.09. The average molecular weight is 417 g/mol. The maximum atomic E-state index is 13.3. The van der Waals surface area contributed by atoms with Crippen molar-refractivity contribution in [3.05, 3.63) is 89.1 Å². The monoisotopic (exact) mass is 417 g/mol. The molecule has 0 aliphatic carbocycles. The zero-order valence-electron chi connectivity index (χ0n) is 17.0. The molecular weight excluding hydrogens is 394 g/mol. The highest BCUT2D eigenvalue weighted by Crippen LogP contribution is 2.27. The van der Waals surface area contributed by atoms with Gasteiger partial charge < -0.3 is 19.4 Å². The first kappa shape index (κ1) is 19.5. The van der Waals surface area contributed by atoms with E-state index >= 15 is 0 Å². The van der Waals surface area contributed by atoms with Gasteiger partial charge in [-0.25, -0.2) is 4.98 Å². The third-order valence-corrected chi connectivity index (χ3v) is 5.70. The number of nitrogens with zero attached hydrogens (tertiary/aromatic N) is 2. The van der Waals surface area contributed by atoms with Crippen LogP contribution >= 0.6 is 0 Å². The molecule has 0 bridgehead atoms. The number of carbonyl (C=O) groups is 2. The van der Waals surface area contributed by atoms with Crippen LogP contribution in [0, 0.1) is 0 Å². The third-order valence-electron chi connectivity index (χ3n) is 5.70. The van der Waals surface area contributed by atoms with Crippen molar-refractivity contribution in [1.29, 1.82) is 0 Å². The van der Waals surface area contributed by atoms with Gasteiger partial charge in [0.05, 0.1) is 12.6 Å². The first-order valence-electron chi connectivity index (χ1n) is 10.4. The number of rotatable bonds is 4. The van der Waals surface area contributed by atoms with Crippen LogP contribution in [0.25, 0.3) is 0 Å². The fraction of sp³-hybridized carbons (Fsp3) is 0.292. The molecule has 3 aromatic rings. The summed E-state index contributed by atoms with van der Waals surface area (Å²) in [6, 6.07) is 19.0. The average Bonchev–Trinajstić information content (AvgIpc) is 3.21. The minimum atomic E-state index is -0.766. The number of carbonyl (C=O) groups excluding carboxylic acids is 2. The number of morpholine rings is 1. The van der Waals surface area contributed by atoms with Gasteiger partial charge in [0.1, 0.15) is 18.1 Å². The van der Waals surface area contributed by atoms with Crippen LogP contribution in [-0.2, 0) is 33.7 Å². The Bertz CT molecular complexity index is 1080. The quantitative estimate of drug-likeness (QED) is 0.705. The van der Waals surface area contributed by atoms with Gasteiger partial charge >= 0.3 is 0 Å². The first-order chi connectivity index (χ1) is 15.2. The smallest absolute Gasteiger partial charge is 0.254 e. The molecule has 2 aliphatic heterocycles. The molecule has 0 unspecified atom stereocenters. The van der Waals surface area contributed by atoms with E-state index in [0.717, 1.165) is 22.6 Å². The van der Waals surface area contributed by atoms with E-state index in [1.165, 1.54) is 0 Å². The maximum absolute atomic E-state index is 13.3. The summed E-state index contributed by atoms with van der Waals surface area (Å²) in [5.41, 5.74) is 2.77. The van der Waals surface area contributed by atoms with E-state index < -0.39 is 12.1 Å². The fourth-order valence-electron chi connectivity index (χ4n) is 4.15. The Kier molecular flexibility index (Phi) is 5.26. The Balaban J connectivity index is 1.32. The van der Waals surface area contributed by atoms with E-state index in [-0.39, 0.29) is 18.4 Å². The Morgan fingerprint density at radius 2 is 1.84 bits per heavy atom. The Morgan fingerprint density at radius 3 is 2.61 bits per heavy atom. The van der Waals surface area contributed by atoms with Gasteiger partial charge in [0.15, 0.2) is 12.0 Å². The summed E-state index contributed by atoms with van der Waals surface area (Å²) in [6.07, 6.45) is 0.463. The normalized spacial score (nSPS) is 20.8. The largest absolute Gasteiger partial charge is 0.445 e. The van der Waals surface area contributed by atoms with Crippen molar-refractivity contribution < 1.29 is 18.7 Å². The Hall–Kier alpha value is -3.45. The second-order valence-electron chi connectivity index (χ2n) is 7.84. The number of oxazole rings is 1. The molecule has 0 radical (unpaired) electrons. The van der Waals surface area contributed by atoms with Gasteiger partial charge in [0.25, 0.3) is 5.91 Å². The van der Waals surface area contributed by atoms with Crippen molar-refractivity contribution in [3.63, 3.8) is 0 Å². The van der Waals surface area contributed by atoms with Crippen LogP contribution in [-0.4, -0.2) is 41.0 Å². The number of hydrogen-bond acceptors (Lipinski definition) is 5. The standard InChI is InChI=1S/C24H23N3O4/c28-20-15-30-23(22(26-20)17-9-5-2-6-10-17)24(29)27-12-11-19-18(14-27)25-21(31-19)13-16-7-3-1-4-8-16/h1-10,22-23H,11-15H2,(H,26,28)/t22-,23+/m1/s1. The summed E-state index contributed by atoms with van der Waals surface area (Å²) in [7, 11) is 0. The van der Waals surface area contributed by atoms with Crippen LogP contribution in [0.3, 0.4) is 0 Å². The molecule has 31 heavy (non-hydrogen) atoms. The molecule has 5 rings (SSSR count). The number of nitrogens with one attached hydrogen (secondary N) is 1. The molecule has 1 N–H and O–H groups in total. The van der Waals surface area contributed by atoms with Crippen LogP contribution in [0.2, 0.25) is 0 Å². The summed E-state index contributed by atoms with van der Waals surface area (Å²) in [5.74, 6) is 1.13. The predicted octanol–water partition coefficient (Wildman–Crippen LogP) is 2.41. The molecule has 1 fully saturated rings. The summed E-state index contributed by atoms with van der Waals surface area (Å²) in [4.78, 5) is 31.7.